The highest BCUT2D eigenvalue weighted by Gasteiger charge is 2.08. The molecule has 2 amide bonds. The maximum Gasteiger partial charge on any atom is 0.222 e. The second kappa shape index (κ2) is 10.0. The molecule has 0 atom stereocenters. The van der Waals surface area contributed by atoms with Crippen molar-refractivity contribution in [2.24, 2.45) is 11.5 Å². The van der Waals surface area contributed by atoms with Gasteiger partial charge in [-0.2, -0.15) is 0 Å². The second-order valence-electron chi connectivity index (χ2n) is 3.54. The van der Waals surface area contributed by atoms with Crippen molar-refractivity contribution < 1.29 is 9.59 Å². The summed E-state index contributed by atoms with van der Waals surface area (Å²) in [6, 6.07) is 0. The van der Waals surface area contributed by atoms with Gasteiger partial charge in [-0.25, -0.2) is 0 Å². The zero-order valence-electron chi connectivity index (χ0n) is 10.4. The summed E-state index contributed by atoms with van der Waals surface area (Å²) in [6.07, 6.45) is 0.785. The molecule has 0 aromatic rings. The van der Waals surface area contributed by atoms with E-state index in [1.165, 1.54) is 0 Å². The summed E-state index contributed by atoms with van der Waals surface area (Å²) in [4.78, 5) is 24.4. The highest BCUT2D eigenvalue weighted by molar-refractivity contribution is 5.76. The fourth-order valence-corrected chi connectivity index (χ4v) is 1.35. The topological polar surface area (TPSA) is 113 Å². The van der Waals surface area contributed by atoms with Gasteiger partial charge >= 0.3 is 0 Å². The van der Waals surface area contributed by atoms with Crippen molar-refractivity contribution in [2.75, 3.05) is 33.0 Å². The number of nitrogens with two attached hydrogens (primary N) is 2. The molecule has 0 bridgehead atoms. The van der Waals surface area contributed by atoms with Gasteiger partial charge < -0.3 is 27.0 Å². The van der Waals surface area contributed by atoms with E-state index in [0.717, 1.165) is 6.54 Å². The Hall–Kier alpha value is -1.18. The predicted molar refractivity (Wildman–Crippen MR) is 65.7 cm³/mol. The Morgan fingerprint density at radius 3 is 1.71 bits per heavy atom. The molecular formula is C10H23N5O2. The minimum atomic E-state index is -0.0719. The molecule has 0 saturated heterocycles. The van der Waals surface area contributed by atoms with Gasteiger partial charge in [-0.3, -0.25) is 9.59 Å². The summed E-state index contributed by atoms with van der Waals surface area (Å²) >= 11 is 0. The second-order valence-corrected chi connectivity index (χ2v) is 3.54. The maximum atomic E-state index is 11.2. The number of rotatable bonds is 9. The Labute approximate surface area is 102 Å². The van der Waals surface area contributed by atoms with E-state index in [0.29, 0.717) is 25.9 Å². The van der Waals surface area contributed by atoms with E-state index >= 15 is 0 Å². The lowest BCUT2D eigenvalue weighted by atomic mass is 10.3. The SMILES string of the molecule is CCN(CCC(=O)NCN)CCC(=O)NCN. The van der Waals surface area contributed by atoms with Crippen LogP contribution in [0.4, 0.5) is 0 Å². The minimum Gasteiger partial charge on any atom is -0.344 e. The summed E-state index contributed by atoms with van der Waals surface area (Å²) in [5.41, 5.74) is 10.4. The third-order valence-electron chi connectivity index (χ3n) is 2.36. The van der Waals surface area contributed by atoms with Crippen LogP contribution in [0, 0.1) is 0 Å². The Kier molecular flexibility index (Phi) is 9.31. The Balaban J connectivity index is 3.76. The molecule has 0 aliphatic rings. The van der Waals surface area contributed by atoms with Crippen LogP contribution < -0.4 is 22.1 Å². The van der Waals surface area contributed by atoms with Gasteiger partial charge in [0.2, 0.25) is 11.8 Å². The highest BCUT2D eigenvalue weighted by atomic mass is 16.2. The zero-order chi connectivity index (χ0) is 13.1. The lowest BCUT2D eigenvalue weighted by Gasteiger charge is -2.19. The molecule has 0 saturated carbocycles. The fourth-order valence-electron chi connectivity index (χ4n) is 1.35. The molecule has 7 nitrogen and oxygen atoms in total. The van der Waals surface area contributed by atoms with E-state index in [-0.39, 0.29) is 25.2 Å². The summed E-state index contributed by atoms with van der Waals surface area (Å²) in [5.74, 6) is -0.144. The molecule has 0 heterocycles. The molecule has 0 unspecified atom stereocenters. The van der Waals surface area contributed by atoms with E-state index in [4.69, 9.17) is 11.5 Å². The van der Waals surface area contributed by atoms with E-state index in [1.54, 1.807) is 0 Å². The number of nitrogens with zero attached hydrogens (tertiary/aromatic N) is 1. The van der Waals surface area contributed by atoms with Crippen LogP contribution in [0.25, 0.3) is 0 Å². The predicted octanol–water partition coefficient (Wildman–Crippen LogP) is -1.85. The minimum absolute atomic E-state index is 0.0719. The molecule has 0 aliphatic heterocycles. The summed E-state index contributed by atoms with van der Waals surface area (Å²) in [6.45, 7) is 4.34. The first-order chi connectivity index (χ1) is 8.13. The van der Waals surface area contributed by atoms with Gasteiger partial charge in [-0.15, -0.1) is 0 Å². The van der Waals surface area contributed by atoms with Crippen LogP contribution in [0.2, 0.25) is 0 Å². The number of carbonyl (C=O) groups excluding carboxylic acids is 2. The lowest BCUT2D eigenvalue weighted by Crippen LogP contribution is -2.36. The monoisotopic (exact) mass is 245 g/mol. The fraction of sp³-hybridized carbons (Fsp3) is 0.800. The summed E-state index contributed by atoms with van der Waals surface area (Å²) in [7, 11) is 0. The highest BCUT2D eigenvalue weighted by Crippen LogP contribution is 1.94. The Bertz CT molecular complexity index is 213. The summed E-state index contributed by atoms with van der Waals surface area (Å²) in [5, 5.41) is 5.05. The molecule has 0 rings (SSSR count). The Morgan fingerprint density at radius 2 is 1.41 bits per heavy atom. The van der Waals surface area contributed by atoms with Crippen LogP contribution in [-0.4, -0.2) is 49.7 Å². The molecule has 6 N–H and O–H groups in total. The van der Waals surface area contributed by atoms with E-state index in [2.05, 4.69) is 10.6 Å². The van der Waals surface area contributed by atoms with Crippen molar-refractivity contribution in [3.8, 4) is 0 Å². The Morgan fingerprint density at radius 1 is 1.00 bits per heavy atom. The smallest absolute Gasteiger partial charge is 0.222 e. The van der Waals surface area contributed by atoms with Crippen molar-refractivity contribution in [3.63, 3.8) is 0 Å². The van der Waals surface area contributed by atoms with Gasteiger partial charge in [0.15, 0.2) is 0 Å². The van der Waals surface area contributed by atoms with Crippen molar-refractivity contribution in [1.82, 2.24) is 15.5 Å². The van der Waals surface area contributed by atoms with Crippen molar-refractivity contribution in [1.29, 1.82) is 0 Å². The average Bonchev–Trinajstić information content (AvgIpc) is 2.30. The average molecular weight is 245 g/mol. The van der Waals surface area contributed by atoms with Crippen molar-refractivity contribution in [2.45, 2.75) is 19.8 Å². The van der Waals surface area contributed by atoms with Crippen LogP contribution in [0.5, 0.6) is 0 Å². The first kappa shape index (κ1) is 15.8. The number of hydrogen-bond acceptors (Lipinski definition) is 5. The lowest BCUT2D eigenvalue weighted by molar-refractivity contribution is -0.121. The van der Waals surface area contributed by atoms with Gasteiger partial charge in [0, 0.05) is 25.9 Å². The normalized spacial score (nSPS) is 10.4. The molecule has 0 fully saturated rings. The quantitative estimate of drug-likeness (QED) is 0.356. The van der Waals surface area contributed by atoms with Crippen molar-refractivity contribution >= 4 is 11.8 Å². The zero-order valence-corrected chi connectivity index (χ0v) is 10.4. The molecule has 0 aliphatic carbocycles. The number of nitrogens with one attached hydrogen (secondary N) is 2. The molecule has 0 aromatic carbocycles. The van der Waals surface area contributed by atoms with E-state index in [9.17, 15) is 9.59 Å². The third kappa shape index (κ3) is 8.61. The third-order valence-corrected chi connectivity index (χ3v) is 2.36. The van der Waals surface area contributed by atoms with Gasteiger partial charge in [0.05, 0.1) is 13.3 Å². The molecule has 0 aromatic heterocycles. The van der Waals surface area contributed by atoms with E-state index in [1.807, 2.05) is 11.8 Å². The first-order valence-electron chi connectivity index (χ1n) is 5.79. The van der Waals surface area contributed by atoms with Gasteiger partial charge in [-0.05, 0) is 6.54 Å². The first-order valence-corrected chi connectivity index (χ1v) is 5.79. The standard InChI is InChI=1S/C10H23N5O2/c1-2-15(5-3-9(16)13-7-11)6-4-10(17)14-8-12/h2-8,11-12H2,1H3,(H,13,16)(H,14,17). The van der Waals surface area contributed by atoms with Gasteiger partial charge in [0.25, 0.3) is 0 Å². The van der Waals surface area contributed by atoms with Crippen LogP contribution in [0.3, 0.4) is 0 Å². The van der Waals surface area contributed by atoms with E-state index < -0.39 is 0 Å². The van der Waals surface area contributed by atoms with Gasteiger partial charge in [-0.1, -0.05) is 6.92 Å². The number of amides is 2. The number of carbonyl (C=O) groups is 2. The molecule has 0 radical (unpaired) electrons. The van der Waals surface area contributed by atoms with Crippen LogP contribution in [0.1, 0.15) is 19.8 Å². The summed E-state index contributed by atoms with van der Waals surface area (Å²) < 4.78 is 0. The van der Waals surface area contributed by atoms with Crippen LogP contribution in [-0.2, 0) is 9.59 Å². The maximum absolute atomic E-state index is 11.2. The molecule has 100 valence electrons. The molecule has 17 heavy (non-hydrogen) atoms. The van der Waals surface area contributed by atoms with Crippen molar-refractivity contribution in [3.05, 3.63) is 0 Å². The molecular weight excluding hydrogens is 222 g/mol. The largest absolute Gasteiger partial charge is 0.344 e. The van der Waals surface area contributed by atoms with Crippen LogP contribution >= 0.6 is 0 Å². The van der Waals surface area contributed by atoms with Crippen LogP contribution in [0.15, 0.2) is 0 Å². The molecule has 7 heteroatoms. The molecule has 0 spiro atoms. The number of hydrogen-bond donors (Lipinski definition) is 4. The van der Waals surface area contributed by atoms with Gasteiger partial charge in [0.1, 0.15) is 0 Å².